The van der Waals surface area contributed by atoms with Gasteiger partial charge in [0, 0.05) is 0 Å². The maximum atomic E-state index is 5.31. The molecule has 0 radical (unpaired) electrons. The summed E-state index contributed by atoms with van der Waals surface area (Å²) in [6, 6.07) is 4.51. The monoisotopic (exact) mass is 190 g/mol. The van der Waals surface area contributed by atoms with Crippen LogP contribution in [0.5, 0.6) is 5.75 Å². The SMILES string of the molecule is CCCC1Cc2cc(OC)c(C)cc21. The molecule has 0 spiro atoms. The predicted octanol–water partition coefficient (Wildman–Crippen LogP) is 3.44. The van der Waals surface area contributed by atoms with Crippen LogP contribution in [0.15, 0.2) is 12.1 Å². The third-order valence-corrected chi connectivity index (χ3v) is 3.20. The molecule has 0 bridgehead atoms. The van der Waals surface area contributed by atoms with Crippen molar-refractivity contribution in [3.63, 3.8) is 0 Å². The van der Waals surface area contributed by atoms with Gasteiger partial charge in [-0.3, -0.25) is 0 Å². The van der Waals surface area contributed by atoms with Gasteiger partial charge < -0.3 is 4.74 Å². The van der Waals surface area contributed by atoms with Crippen LogP contribution in [0.1, 0.15) is 42.4 Å². The van der Waals surface area contributed by atoms with E-state index < -0.39 is 0 Å². The normalized spacial score (nSPS) is 18.6. The van der Waals surface area contributed by atoms with Gasteiger partial charge in [0.25, 0.3) is 0 Å². The number of hydrogen-bond acceptors (Lipinski definition) is 1. The van der Waals surface area contributed by atoms with E-state index in [0.29, 0.717) is 0 Å². The minimum Gasteiger partial charge on any atom is -0.496 e. The van der Waals surface area contributed by atoms with Crippen molar-refractivity contribution in [2.75, 3.05) is 7.11 Å². The van der Waals surface area contributed by atoms with Crippen LogP contribution in [0.3, 0.4) is 0 Å². The van der Waals surface area contributed by atoms with Gasteiger partial charge in [0.15, 0.2) is 0 Å². The topological polar surface area (TPSA) is 9.23 Å². The van der Waals surface area contributed by atoms with Gasteiger partial charge in [-0.15, -0.1) is 0 Å². The van der Waals surface area contributed by atoms with Crippen LogP contribution < -0.4 is 4.74 Å². The molecule has 1 aliphatic rings. The van der Waals surface area contributed by atoms with Gasteiger partial charge in [0.05, 0.1) is 7.11 Å². The number of aryl methyl sites for hydroxylation is 1. The minimum atomic E-state index is 0.819. The summed E-state index contributed by atoms with van der Waals surface area (Å²) in [7, 11) is 1.75. The van der Waals surface area contributed by atoms with Crippen LogP contribution in [0.2, 0.25) is 0 Å². The Morgan fingerprint density at radius 3 is 2.86 bits per heavy atom. The van der Waals surface area contributed by atoms with Crippen LogP contribution in [0.25, 0.3) is 0 Å². The summed E-state index contributed by atoms with van der Waals surface area (Å²) in [5, 5.41) is 0. The summed E-state index contributed by atoms with van der Waals surface area (Å²) in [4.78, 5) is 0. The van der Waals surface area contributed by atoms with Crippen LogP contribution in [0.4, 0.5) is 0 Å². The molecule has 1 aromatic rings. The Labute approximate surface area is 86.1 Å². The van der Waals surface area contributed by atoms with Gasteiger partial charge >= 0.3 is 0 Å². The van der Waals surface area contributed by atoms with Gasteiger partial charge in [-0.05, 0) is 48.4 Å². The molecule has 0 aliphatic heterocycles. The van der Waals surface area contributed by atoms with E-state index in [4.69, 9.17) is 4.74 Å². The van der Waals surface area contributed by atoms with E-state index in [1.54, 1.807) is 12.7 Å². The summed E-state index contributed by atoms with van der Waals surface area (Å²) < 4.78 is 5.31. The van der Waals surface area contributed by atoms with E-state index in [-0.39, 0.29) is 0 Å². The number of hydrogen-bond donors (Lipinski definition) is 0. The van der Waals surface area contributed by atoms with E-state index in [9.17, 15) is 0 Å². The first-order valence-corrected chi connectivity index (χ1v) is 5.43. The molecule has 0 fully saturated rings. The highest BCUT2D eigenvalue weighted by molar-refractivity contribution is 5.49. The molecule has 0 amide bonds. The van der Waals surface area contributed by atoms with E-state index in [2.05, 4.69) is 26.0 Å². The zero-order chi connectivity index (χ0) is 10.1. The molecule has 0 aromatic heterocycles. The molecule has 0 heterocycles. The number of fused-ring (bicyclic) bond motifs is 1. The summed E-state index contributed by atoms with van der Waals surface area (Å²) in [5.74, 6) is 1.86. The molecule has 2 rings (SSSR count). The second kappa shape index (κ2) is 3.64. The lowest BCUT2D eigenvalue weighted by molar-refractivity contribution is 0.408. The molecule has 1 heteroatoms. The average molecular weight is 190 g/mol. The van der Waals surface area contributed by atoms with Crippen LogP contribution >= 0.6 is 0 Å². The number of benzene rings is 1. The van der Waals surface area contributed by atoms with Gasteiger partial charge in [-0.2, -0.15) is 0 Å². The molecule has 0 saturated heterocycles. The van der Waals surface area contributed by atoms with Gasteiger partial charge in [-0.1, -0.05) is 19.4 Å². The highest BCUT2D eigenvalue weighted by atomic mass is 16.5. The largest absolute Gasteiger partial charge is 0.496 e. The van der Waals surface area contributed by atoms with E-state index >= 15 is 0 Å². The van der Waals surface area contributed by atoms with Crippen molar-refractivity contribution in [2.24, 2.45) is 0 Å². The fourth-order valence-electron chi connectivity index (χ4n) is 2.38. The Bertz CT molecular complexity index is 341. The molecular weight excluding hydrogens is 172 g/mol. The first-order chi connectivity index (χ1) is 6.76. The number of ether oxygens (including phenoxy) is 1. The zero-order valence-electron chi connectivity index (χ0n) is 9.26. The van der Waals surface area contributed by atoms with Crippen molar-refractivity contribution in [1.29, 1.82) is 0 Å². The summed E-state index contributed by atoms with van der Waals surface area (Å²) in [5.41, 5.74) is 4.32. The Morgan fingerprint density at radius 1 is 1.43 bits per heavy atom. The van der Waals surface area contributed by atoms with Crippen molar-refractivity contribution in [3.05, 3.63) is 28.8 Å². The molecule has 1 aromatic carbocycles. The first-order valence-electron chi connectivity index (χ1n) is 5.43. The third kappa shape index (κ3) is 1.41. The molecular formula is C13H18O. The predicted molar refractivity (Wildman–Crippen MR) is 59.1 cm³/mol. The van der Waals surface area contributed by atoms with Crippen molar-refractivity contribution in [3.8, 4) is 5.75 Å². The van der Waals surface area contributed by atoms with Crippen molar-refractivity contribution in [2.45, 2.75) is 39.0 Å². The molecule has 1 aliphatic carbocycles. The fourth-order valence-corrected chi connectivity index (χ4v) is 2.38. The Kier molecular flexibility index (Phi) is 2.49. The first kappa shape index (κ1) is 9.57. The third-order valence-electron chi connectivity index (χ3n) is 3.20. The smallest absolute Gasteiger partial charge is 0.122 e. The van der Waals surface area contributed by atoms with Crippen molar-refractivity contribution in [1.82, 2.24) is 0 Å². The second-order valence-corrected chi connectivity index (χ2v) is 4.21. The zero-order valence-corrected chi connectivity index (χ0v) is 9.26. The van der Waals surface area contributed by atoms with Crippen LogP contribution in [0, 0.1) is 6.92 Å². The number of methoxy groups -OCH3 is 1. The Morgan fingerprint density at radius 2 is 2.21 bits per heavy atom. The Hall–Kier alpha value is -0.980. The fraction of sp³-hybridized carbons (Fsp3) is 0.538. The highest BCUT2D eigenvalue weighted by Gasteiger charge is 2.26. The van der Waals surface area contributed by atoms with Gasteiger partial charge in [-0.25, -0.2) is 0 Å². The highest BCUT2D eigenvalue weighted by Crippen LogP contribution is 2.41. The molecule has 14 heavy (non-hydrogen) atoms. The molecule has 76 valence electrons. The minimum absolute atomic E-state index is 0.819. The summed E-state index contributed by atoms with van der Waals surface area (Å²) in [6.45, 7) is 4.38. The average Bonchev–Trinajstić information content (AvgIpc) is 2.17. The van der Waals surface area contributed by atoms with E-state index in [1.807, 2.05) is 0 Å². The molecule has 1 nitrogen and oxygen atoms in total. The van der Waals surface area contributed by atoms with E-state index in [1.165, 1.54) is 30.4 Å². The quantitative estimate of drug-likeness (QED) is 0.709. The summed E-state index contributed by atoms with van der Waals surface area (Å²) >= 11 is 0. The lowest BCUT2D eigenvalue weighted by Crippen LogP contribution is -2.17. The lowest BCUT2D eigenvalue weighted by Gasteiger charge is -2.31. The van der Waals surface area contributed by atoms with Crippen LogP contribution in [-0.2, 0) is 6.42 Å². The van der Waals surface area contributed by atoms with Gasteiger partial charge in [0.2, 0.25) is 0 Å². The summed E-state index contributed by atoms with van der Waals surface area (Å²) in [6.07, 6.45) is 3.87. The second-order valence-electron chi connectivity index (χ2n) is 4.21. The molecule has 0 N–H and O–H groups in total. The Balaban J connectivity index is 2.26. The number of rotatable bonds is 3. The van der Waals surface area contributed by atoms with Crippen molar-refractivity contribution >= 4 is 0 Å². The molecule has 1 atom stereocenters. The van der Waals surface area contributed by atoms with Crippen molar-refractivity contribution < 1.29 is 4.74 Å². The van der Waals surface area contributed by atoms with Gasteiger partial charge in [0.1, 0.15) is 5.75 Å². The maximum absolute atomic E-state index is 5.31. The van der Waals surface area contributed by atoms with Crippen LogP contribution in [-0.4, -0.2) is 7.11 Å². The molecule has 0 saturated carbocycles. The molecule has 1 unspecified atom stereocenters. The standard InChI is InChI=1S/C13H18O/c1-4-5-10-7-11-8-13(14-3)9(2)6-12(10)11/h6,8,10H,4-5,7H2,1-3H3. The van der Waals surface area contributed by atoms with E-state index in [0.717, 1.165) is 11.7 Å². The maximum Gasteiger partial charge on any atom is 0.122 e. The lowest BCUT2D eigenvalue weighted by atomic mass is 9.74.